The quantitative estimate of drug-likeness (QED) is 0.301. The van der Waals surface area contributed by atoms with E-state index in [-0.39, 0.29) is 41.0 Å². The van der Waals surface area contributed by atoms with Gasteiger partial charge in [0, 0.05) is 24.5 Å². The molecular formula is C32H42O5Si. The van der Waals surface area contributed by atoms with Crippen LogP contribution in [0.1, 0.15) is 52.9 Å². The molecule has 0 bridgehead atoms. The van der Waals surface area contributed by atoms with Gasteiger partial charge in [-0.3, -0.25) is 4.79 Å². The first kappa shape index (κ1) is 28.6. The van der Waals surface area contributed by atoms with Crippen LogP contribution in [0, 0.1) is 35.5 Å². The summed E-state index contributed by atoms with van der Waals surface area (Å²) >= 11 is 0. The summed E-state index contributed by atoms with van der Waals surface area (Å²) in [6.45, 7) is 8.61. The second kappa shape index (κ2) is 12.6. The van der Waals surface area contributed by atoms with Crippen molar-refractivity contribution in [3.63, 3.8) is 0 Å². The Bertz CT molecular complexity index is 1000. The minimum Gasteiger partial charge on any atom is -0.465 e. The van der Waals surface area contributed by atoms with E-state index in [9.17, 15) is 4.79 Å². The Morgan fingerprint density at radius 2 is 1.63 bits per heavy atom. The third kappa shape index (κ3) is 6.40. The molecule has 5 atom stereocenters. The first-order valence-corrected chi connectivity index (χ1v) is 15.5. The molecule has 5 rings (SSSR count). The highest BCUT2D eigenvalue weighted by molar-refractivity contribution is 6.80. The predicted octanol–water partition coefficient (Wildman–Crippen LogP) is 4.32. The van der Waals surface area contributed by atoms with E-state index in [1.54, 1.807) is 0 Å². The van der Waals surface area contributed by atoms with Crippen molar-refractivity contribution in [3.05, 3.63) is 60.7 Å². The third-order valence-corrected chi connectivity index (χ3v) is 10.8. The van der Waals surface area contributed by atoms with Crippen molar-refractivity contribution in [3.8, 4) is 12.8 Å². The molecule has 2 heterocycles. The van der Waals surface area contributed by atoms with Crippen molar-refractivity contribution in [2.45, 2.75) is 65.3 Å². The third-order valence-electron chi connectivity index (χ3n) is 8.36. The molecule has 3 fully saturated rings. The molecule has 0 amide bonds. The Balaban J connectivity index is 0.00000164. The summed E-state index contributed by atoms with van der Waals surface area (Å²) in [5, 5.41) is 2.51. The summed E-state index contributed by atoms with van der Waals surface area (Å²) in [6.07, 6.45) is 12.2. The number of hydrogen-bond donors (Lipinski definition) is 0. The lowest BCUT2D eigenvalue weighted by Crippen LogP contribution is -2.50. The molecule has 0 radical (unpaired) electrons. The molecular weight excluding hydrogens is 492 g/mol. The van der Waals surface area contributed by atoms with Crippen LogP contribution in [0.4, 0.5) is 0 Å². The van der Waals surface area contributed by atoms with Gasteiger partial charge in [-0.25, -0.2) is 0 Å². The van der Waals surface area contributed by atoms with Crippen molar-refractivity contribution < 1.29 is 23.4 Å². The number of carbonyl (C=O) groups excluding carboxylic acids is 1. The Morgan fingerprint density at radius 1 is 1.00 bits per heavy atom. The van der Waals surface area contributed by atoms with Gasteiger partial charge in [0.25, 0.3) is 0 Å². The Hall–Kier alpha value is -2.43. The molecule has 5 unspecified atom stereocenters. The second-order valence-corrected chi connectivity index (χ2v) is 14.3. The molecule has 2 aromatic rings. The van der Waals surface area contributed by atoms with Crippen LogP contribution in [-0.2, 0) is 23.4 Å². The van der Waals surface area contributed by atoms with Gasteiger partial charge in [-0.2, -0.15) is 0 Å². The molecule has 2 aliphatic heterocycles. The van der Waals surface area contributed by atoms with Gasteiger partial charge < -0.3 is 18.6 Å². The molecule has 0 aromatic heterocycles. The van der Waals surface area contributed by atoms with Gasteiger partial charge in [-0.05, 0) is 47.4 Å². The van der Waals surface area contributed by atoms with Crippen LogP contribution in [0.3, 0.4) is 0 Å². The van der Waals surface area contributed by atoms with Crippen LogP contribution in [-0.4, -0.2) is 47.2 Å². The van der Waals surface area contributed by atoms with Gasteiger partial charge in [0.1, 0.15) is 0 Å². The van der Waals surface area contributed by atoms with Gasteiger partial charge in [-0.1, -0.05) is 81.4 Å². The Kier molecular flexibility index (Phi) is 9.48. The zero-order valence-corrected chi connectivity index (χ0v) is 24.2. The number of rotatable bonds is 7. The average molecular weight is 535 g/mol. The summed E-state index contributed by atoms with van der Waals surface area (Å²) < 4.78 is 25.3. The molecule has 0 spiro atoms. The maximum absolute atomic E-state index is 12.7. The summed E-state index contributed by atoms with van der Waals surface area (Å²) in [5.41, 5.74) is -0.285. The van der Waals surface area contributed by atoms with E-state index in [4.69, 9.17) is 18.6 Å². The number of ether oxygens (including phenoxy) is 3. The fourth-order valence-corrected chi connectivity index (χ4v) is 9.15. The van der Waals surface area contributed by atoms with Crippen molar-refractivity contribution in [1.29, 1.82) is 0 Å². The molecule has 6 heteroatoms. The largest absolute Gasteiger partial charge is 0.465 e. The number of fused-ring (bicyclic) bond motifs is 1. The first-order chi connectivity index (χ1) is 18.4. The first-order valence-electron chi connectivity index (χ1n) is 13.8. The van der Waals surface area contributed by atoms with Crippen LogP contribution in [0.2, 0.25) is 0 Å². The normalized spacial score (nSPS) is 29.2. The number of terminal acetylenes is 1. The van der Waals surface area contributed by atoms with Gasteiger partial charge in [0.2, 0.25) is 9.04 Å². The van der Waals surface area contributed by atoms with Crippen molar-refractivity contribution in [1.82, 2.24) is 0 Å². The molecule has 1 saturated carbocycles. The van der Waals surface area contributed by atoms with Gasteiger partial charge in [-0.15, -0.1) is 12.8 Å². The number of esters is 1. The fraction of sp³-hybridized carbons (Fsp3) is 0.531. The molecule has 2 saturated heterocycles. The van der Waals surface area contributed by atoms with E-state index in [1.165, 1.54) is 10.4 Å². The highest BCUT2D eigenvalue weighted by atomic mass is 28.3. The van der Waals surface area contributed by atoms with Crippen molar-refractivity contribution >= 4 is 25.4 Å². The molecule has 2 aromatic carbocycles. The Labute approximate surface area is 229 Å². The number of hydrogen-bond acceptors (Lipinski definition) is 5. The smallest absolute Gasteiger partial charge is 0.306 e. The standard InChI is InChI=1S/C30H40O5Si.C2H2/c1-29(2,3)28-24-20-33-26(31)19-30(24,18-25(28)35-27-16-10-11-17-32-27)21-34-36(22-12-6-4-7-13-22)23-14-8-5-9-15-23;1-2/h4-9,12-15,24-25,27-28,36H,10-11,16-21H2,1-3H3;1-2H. The summed E-state index contributed by atoms with van der Waals surface area (Å²) in [5.74, 6) is 0.341. The van der Waals surface area contributed by atoms with E-state index in [0.29, 0.717) is 19.6 Å². The predicted molar refractivity (Wildman–Crippen MR) is 153 cm³/mol. The molecule has 204 valence electrons. The van der Waals surface area contributed by atoms with E-state index < -0.39 is 9.04 Å². The number of cyclic esters (lactones) is 1. The maximum atomic E-state index is 12.7. The van der Waals surface area contributed by atoms with Gasteiger partial charge in [0.05, 0.1) is 19.1 Å². The van der Waals surface area contributed by atoms with E-state index in [1.807, 2.05) is 12.1 Å². The van der Waals surface area contributed by atoms with E-state index in [0.717, 1.165) is 32.3 Å². The number of carbonyl (C=O) groups is 1. The topological polar surface area (TPSA) is 54.0 Å². The van der Waals surface area contributed by atoms with Gasteiger partial charge in [0.15, 0.2) is 6.29 Å². The average Bonchev–Trinajstić information content (AvgIpc) is 3.25. The lowest BCUT2D eigenvalue weighted by atomic mass is 9.66. The van der Waals surface area contributed by atoms with Crippen LogP contribution in [0.25, 0.3) is 0 Å². The molecule has 38 heavy (non-hydrogen) atoms. The zero-order chi connectivity index (χ0) is 27.2. The lowest BCUT2D eigenvalue weighted by Gasteiger charge is -2.43. The maximum Gasteiger partial charge on any atom is 0.306 e. The Morgan fingerprint density at radius 3 is 2.18 bits per heavy atom. The fourth-order valence-electron chi connectivity index (χ4n) is 6.74. The minimum atomic E-state index is -1.94. The molecule has 5 nitrogen and oxygen atoms in total. The van der Waals surface area contributed by atoms with Crippen molar-refractivity contribution in [2.24, 2.45) is 22.7 Å². The summed E-state index contributed by atoms with van der Waals surface area (Å²) in [4.78, 5) is 12.7. The lowest BCUT2D eigenvalue weighted by molar-refractivity contribution is -0.203. The second-order valence-electron chi connectivity index (χ2n) is 11.9. The van der Waals surface area contributed by atoms with Crippen LogP contribution in [0.5, 0.6) is 0 Å². The molecule has 3 aliphatic rings. The van der Waals surface area contributed by atoms with Crippen LogP contribution >= 0.6 is 0 Å². The van der Waals surface area contributed by atoms with Crippen LogP contribution in [0.15, 0.2) is 60.7 Å². The summed E-state index contributed by atoms with van der Waals surface area (Å²) in [6, 6.07) is 21.1. The van der Waals surface area contributed by atoms with E-state index in [2.05, 4.69) is 82.1 Å². The zero-order valence-electron chi connectivity index (χ0n) is 23.0. The SMILES string of the molecule is C#C.CC(C)(C)C1C(OC2CCCCO2)CC2(CO[SiH](c3ccccc3)c3ccccc3)CC(=O)OCC12. The highest BCUT2D eigenvalue weighted by Gasteiger charge is 2.60. The molecule has 0 N–H and O–H groups in total. The van der Waals surface area contributed by atoms with Crippen molar-refractivity contribution in [2.75, 3.05) is 19.8 Å². The number of benzene rings is 2. The van der Waals surface area contributed by atoms with Crippen LogP contribution < -0.4 is 10.4 Å². The summed E-state index contributed by atoms with van der Waals surface area (Å²) in [7, 11) is -1.94. The van der Waals surface area contributed by atoms with E-state index >= 15 is 0 Å². The van der Waals surface area contributed by atoms with Gasteiger partial charge >= 0.3 is 5.97 Å². The highest BCUT2D eigenvalue weighted by Crippen LogP contribution is 2.58. The molecule has 1 aliphatic carbocycles. The minimum absolute atomic E-state index is 0.00515. The monoisotopic (exact) mass is 534 g/mol.